The number of hydrogen-bond donors (Lipinski definition) is 3. The Morgan fingerprint density at radius 2 is 1.59 bits per heavy atom. The van der Waals surface area contributed by atoms with Crippen LogP contribution in [0.2, 0.25) is 0 Å². The normalized spacial score (nSPS) is 16.7. The molecule has 4 rings (SSSR count). The number of amides is 1. The third kappa shape index (κ3) is 8.22. The lowest BCUT2D eigenvalue weighted by Gasteiger charge is -2.28. The first kappa shape index (κ1) is 33.5. The Bertz CT molecular complexity index is 1550. The molecule has 2 atom stereocenters. The molecular formula is C32H36F5N3O3S. The topological polar surface area (TPSA) is 87.3 Å². The predicted octanol–water partition coefficient (Wildman–Crippen LogP) is 6.83. The van der Waals surface area contributed by atoms with E-state index in [4.69, 9.17) is 0 Å². The van der Waals surface area contributed by atoms with Gasteiger partial charge in [0.05, 0.1) is 17.0 Å². The van der Waals surface area contributed by atoms with E-state index in [-0.39, 0.29) is 18.0 Å². The lowest BCUT2D eigenvalue weighted by molar-refractivity contribution is -0.289. The molecule has 1 amide bonds. The van der Waals surface area contributed by atoms with Crippen LogP contribution in [0.5, 0.6) is 0 Å². The third-order valence-electron chi connectivity index (χ3n) is 7.45. The largest absolute Gasteiger partial charge is 0.458 e. The number of alkyl halides is 5. The summed E-state index contributed by atoms with van der Waals surface area (Å²) in [6.07, 6.45) is -3.64. The highest BCUT2D eigenvalue weighted by atomic mass is 32.2. The summed E-state index contributed by atoms with van der Waals surface area (Å²) in [6.45, 7) is 6.99. The number of benzene rings is 3. The fourth-order valence-electron chi connectivity index (χ4n) is 5.11. The fourth-order valence-corrected chi connectivity index (χ4v) is 6.33. The maximum atomic E-state index is 13.7. The lowest BCUT2D eigenvalue weighted by Crippen LogP contribution is -2.36. The summed E-state index contributed by atoms with van der Waals surface area (Å²) in [4.78, 5) is 12.8. The molecule has 0 spiro atoms. The van der Waals surface area contributed by atoms with E-state index < -0.39 is 44.5 Å². The zero-order chi connectivity index (χ0) is 32.3. The number of fused-ring (bicyclic) bond motifs is 1. The Labute approximate surface area is 254 Å². The van der Waals surface area contributed by atoms with E-state index in [1.165, 1.54) is 0 Å². The van der Waals surface area contributed by atoms with Crippen LogP contribution in [0.1, 0.15) is 79.9 Å². The Morgan fingerprint density at radius 3 is 2.20 bits per heavy atom. The molecule has 12 heteroatoms. The molecule has 0 heterocycles. The minimum absolute atomic E-state index is 0.0333. The van der Waals surface area contributed by atoms with Crippen LogP contribution in [-0.2, 0) is 33.7 Å². The Morgan fingerprint density at radius 1 is 0.932 bits per heavy atom. The van der Waals surface area contributed by atoms with E-state index in [0.717, 1.165) is 36.0 Å². The van der Waals surface area contributed by atoms with Crippen LogP contribution in [-0.4, -0.2) is 26.0 Å². The van der Waals surface area contributed by atoms with Crippen molar-refractivity contribution in [3.05, 3.63) is 101 Å². The van der Waals surface area contributed by atoms with E-state index in [2.05, 4.69) is 42.2 Å². The summed E-state index contributed by atoms with van der Waals surface area (Å²) < 4.78 is 94.5. The standard InChI is InChI=1S/C32H36F5N3O3S/c1-30(2,3)38-20-21-12-17-26-23(18-21)10-7-11-27(26)39-29(41)19-28(22-8-5-4-6-9-22)40-44(42,43)25-15-13-24(14-16-25)31(33,34)32(35,36)37/h4-6,8-9,12-18,27-28,38,40H,7,10-11,19-20H2,1-3H3,(H,39,41)/t27-,28-/m1/s1. The molecule has 1 aliphatic carbocycles. The average Bonchev–Trinajstić information content (AvgIpc) is 2.95. The second-order valence-electron chi connectivity index (χ2n) is 12.0. The molecule has 238 valence electrons. The van der Waals surface area contributed by atoms with Crippen LogP contribution >= 0.6 is 0 Å². The number of rotatable bonds is 10. The van der Waals surface area contributed by atoms with Crippen LogP contribution < -0.4 is 15.4 Å². The van der Waals surface area contributed by atoms with E-state index in [9.17, 15) is 35.2 Å². The fraction of sp³-hybridized carbons (Fsp3) is 0.406. The molecule has 0 fully saturated rings. The summed E-state index contributed by atoms with van der Waals surface area (Å²) in [5, 5.41) is 6.50. The third-order valence-corrected chi connectivity index (χ3v) is 8.94. The minimum Gasteiger partial charge on any atom is -0.349 e. The van der Waals surface area contributed by atoms with Gasteiger partial charge in [0.1, 0.15) is 0 Å². The monoisotopic (exact) mass is 637 g/mol. The van der Waals surface area contributed by atoms with Crippen molar-refractivity contribution in [2.75, 3.05) is 0 Å². The average molecular weight is 638 g/mol. The molecule has 0 saturated heterocycles. The number of hydrogen-bond acceptors (Lipinski definition) is 4. The van der Waals surface area contributed by atoms with Gasteiger partial charge < -0.3 is 10.6 Å². The quantitative estimate of drug-likeness (QED) is 0.213. The summed E-state index contributed by atoms with van der Waals surface area (Å²) in [5.41, 5.74) is 2.36. The second-order valence-corrected chi connectivity index (χ2v) is 13.7. The summed E-state index contributed by atoms with van der Waals surface area (Å²) in [7, 11) is -4.42. The second kappa shape index (κ2) is 12.9. The summed E-state index contributed by atoms with van der Waals surface area (Å²) in [6, 6.07) is 15.5. The molecule has 6 nitrogen and oxygen atoms in total. The first-order chi connectivity index (χ1) is 20.5. The first-order valence-corrected chi connectivity index (χ1v) is 15.7. The number of nitrogens with one attached hydrogen (secondary N) is 3. The van der Waals surface area contributed by atoms with E-state index in [0.29, 0.717) is 36.4 Å². The molecule has 0 unspecified atom stereocenters. The zero-order valence-corrected chi connectivity index (χ0v) is 25.5. The smallest absolute Gasteiger partial charge is 0.349 e. The number of halogens is 5. The molecular weight excluding hydrogens is 601 g/mol. The van der Waals surface area contributed by atoms with Crippen molar-refractivity contribution in [2.24, 2.45) is 0 Å². The number of sulfonamides is 1. The van der Waals surface area contributed by atoms with Gasteiger partial charge in [-0.15, -0.1) is 0 Å². The molecule has 0 saturated carbocycles. The van der Waals surface area contributed by atoms with Crippen molar-refractivity contribution in [1.29, 1.82) is 0 Å². The Hall–Kier alpha value is -3.35. The molecule has 1 aliphatic rings. The Kier molecular flexibility index (Phi) is 9.87. The molecule has 0 aliphatic heterocycles. The van der Waals surface area contributed by atoms with Gasteiger partial charge in [-0.25, -0.2) is 13.1 Å². The van der Waals surface area contributed by atoms with Gasteiger partial charge in [-0.1, -0.05) is 60.7 Å². The van der Waals surface area contributed by atoms with Gasteiger partial charge in [-0.2, -0.15) is 22.0 Å². The molecule has 3 aromatic carbocycles. The molecule has 3 aromatic rings. The van der Waals surface area contributed by atoms with Crippen LogP contribution in [0.25, 0.3) is 0 Å². The summed E-state index contributed by atoms with van der Waals surface area (Å²) >= 11 is 0. The maximum absolute atomic E-state index is 13.7. The molecule has 0 bridgehead atoms. The van der Waals surface area contributed by atoms with Gasteiger partial charge in [0, 0.05) is 24.1 Å². The van der Waals surface area contributed by atoms with Crippen molar-refractivity contribution < 1.29 is 35.2 Å². The summed E-state index contributed by atoms with van der Waals surface area (Å²) in [5.74, 6) is -5.55. The molecule has 0 radical (unpaired) electrons. The van der Waals surface area contributed by atoms with Gasteiger partial charge in [0.2, 0.25) is 15.9 Å². The van der Waals surface area contributed by atoms with E-state index >= 15 is 0 Å². The van der Waals surface area contributed by atoms with Gasteiger partial charge in [0.15, 0.2) is 0 Å². The highest BCUT2D eigenvalue weighted by Gasteiger charge is 2.58. The van der Waals surface area contributed by atoms with Crippen LogP contribution in [0, 0.1) is 0 Å². The highest BCUT2D eigenvalue weighted by Crippen LogP contribution is 2.44. The lowest BCUT2D eigenvalue weighted by atomic mass is 9.86. The van der Waals surface area contributed by atoms with Gasteiger partial charge >= 0.3 is 12.1 Å². The molecule has 3 N–H and O–H groups in total. The van der Waals surface area contributed by atoms with E-state index in [1.54, 1.807) is 30.3 Å². The van der Waals surface area contributed by atoms with Crippen LogP contribution in [0.4, 0.5) is 22.0 Å². The van der Waals surface area contributed by atoms with Crippen LogP contribution in [0.15, 0.2) is 77.7 Å². The minimum atomic E-state index is -5.83. The predicted molar refractivity (Wildman–Crippen MR) is 157 cm³/mol. The van der Waals surface area contributed by atoms with Gasteiger partial charge in [-0.3, -0.25) is 4.79 Å². The number of carbonyl (C=O) groups excluding carboxylic acids is 1. The van der Waals surface area contributed by atoms with Crippen molar-refractivity contribution in [1.82, 2.24) is 15.4 Å². The maximum Gasteiger partial charge on any atom is 0.458 e. The van der Waals surface area contributed by atoms with Crippen molar-refractivity contribution in [3.8, 4) is 0 Å². The van der Waals surface area contributed by atoms with Crippen molar-refractivity contribution in [2.45, 2.75) is 87.6 Å². The van der Waals surface area contributed by atoms with Gasteiger partial charge in [0.25, 0.3) is 0 Å². The van der Waals surface area contributed by atoms with Crippen molar-refractivity contribution >= 4 is 15.9 Å². The molecule has 44 heavy (non-hydrogen) atoms. The molecule has 0 aromatic heterocycles. The van der Waals surface area contributed by atoms with Crippen LogP contribution in [0.3, 0.4) is 0 Å². The number of aryl methyl sites for hydroxylation is 1. The van der Waals surface area contributed by atoms with Gasteiger partial charge in [-0.05, 0) is 74.4 Å². The first-order valence-electron chi connectivity index (χ1n) is 14.2. The highest BCUT2D eigenvalue weighted by molar-refractivity contribution is 7.89. The SMILES string of the molecule is CC(C)(C)NCc1ccc2c(c1)CCC[C@H]2NC(=O)C[C@@H](NS(=O)(=O)c1ccc(C(F)(F)C(F)(F)F)cc1)c1ccccc1. The zero-order valence-electron chi connectivity index (χ0n) is 24.6. The van der Waals surface area contributed by atoms with Crippen molar-refractivity contribution in [3.63, 3.8) is 0 Å². The van der Waals surface area contributed by atoms with E-state index in [1.807, 2.05) is 12.1 Å². The number of carbonyl (C=O) groups is 1. The Balaban J connectivity index is 1.50.